The van der Waals surface area contributed by atoms with Gasteiger partial charge in [0.1, 0.15) is 0 Å². The van der Waals surface area contributed by atoms with E-state index in [1.807, 2.05) is 30.3 Å². The molecule has 0 bridgehead atoms. The number of para-hydroxylation sites is 1. The smallest absolute Gasteiger partial charge is 0.257 e. The average molecular weight is 319 g/mol. The number of carbonyl (C=O) groups is 1. The molecule has 3 N–H and O–H groups in total. The highest BCUT2D eigenvalue weighted by Gasteiger charge is 2.12. The molecule has 0 aliphatic heterocycles. The third kappa shape index (κ3) is 4.03. The highest BCUT2D eigenvalue weighted by atomic mass is 35.5. The molecule has 0 heterocycles. The van der Waals surface area contributed by atoms with Crippen LogP contribution in [0.15, 0.2) is 60.0 Å². The molecular formula is C16H15ClN2OS. The molecule has 0 aliphatic rings. The summed E-state index contributed by atoms with van der Waals surface area (Å²) in [5.74, 6) is 0.494. The Morgan fingerprint density at radius 1 is 1.33 bits per heavy atom. The largest absolute Gasteiger partial charge is 0.398 e. The van der Waals surface area contributed by atoms with Crippen LogP contribution in [0.2, 0.25) is 5.02 Å². The van der Waals surface area contributed by atoms with E-state index in [9.17, 15) is 4.79 Å². The maximum Gasteiger partial charge on any atom is 0.257 e. The summed E-state index contributed by atoms with van der Waals surface area (Å²) in [5.41, 5.74) is 7.33. The standard InChI is InChI=1S/C16H15ClN2OS/c1-2-9-21-15-6-4-3-5-14(15)19-16(20)12-10-11(17)7-8-13(12)18/h2-8,10H,1,9,18H2,(H,19,20). The predicted molar refractivity (Wildman–Crippen MR) is 91.2 cm³/mol. The lowest BCUT2D eigenvalue weighted by Gasteiger charge is -2.11. The number of hydrogen-bond acceptors (Lipinski definition) is 3. The molecule has 0 radical (unpaired) electrons. The number of halogens is 1. The van der Waals surface area contributed by atoms with Crippen LogP contribution in [0.3, 0.4) is 0 Å². The van der Waals surface area contributed by atoms with Crippen LogP contribution in [-0.4, -0.2) is 11.7 Å². The minimum absolute atomic E-state index is 0.276. The van der Waals surface area contributed by atoms with Gasteiger partial charge in [0.25, 0.3) is 5.91 Å². The van der Waals surface area contributed by atoms with E-state index >= 15 is 0 Å². The van der Waals surface area contributed by atoms with Crippen molar-refractivity contribution in [1.29, 1.82) is 0 Å². The zero-order valence-corrected chi connectivity index (χ0v) is 12.9. The van der Waals surface area contributed by atoms with Gasteiger partial charge in [-0.2, -0.15) is 0 Å². The molecule has 3 nitrogen and oxygen atoms in total. The summed E-state index contributed by atoms with van der Waals surface area (Å²) in [7, 11) is 0. The van der Waals surface area contributed by atoms with Crippen molar-refractivity contribution in [3.63, 3.8) is 0 Å². The molecule has 108 valence electrons. The first-order valence-electron chi connectivity index (χ1n) is 6.31. The van der Waals surface area contributed by atoms with E-state index < -0.39 is 0 Å². The number of nitrogens with one attached hydrogen (secondary N) is 1. The summed E-state index contributed by atoms with van der Waals surface area (Å²) < 4.78 is 0. The van der Waals surface area contributed by atoms with Gasteiger partial charge in [0.2, 0.25) is 0 Å². The Kier molecular flexibility index (Phi) is 5.31. The molecule has 0 aromatic heterocycles. The Bertz CT molecular complexity index is 673. The van der Waals surface area contributed by atoms with Crippen LogP contribution in [0, 0.1) is 0 Å². The van der Waals surface area contributed by atoms with Crippen molar-refractivity contribution in [2.24, 2.45) is 0 Å². The fraction of sp³-hybridized carbons (Fsp3) is 0.0625. The first-order chi connectivity index (χ1) is 10.1. The number of benzene rings is 2. The molecule has 0 saturated carbocycles. The van der Waals surface area contributed by atoms with Gasteiger partial charge in [0.05, 0.1) is 11.3 Å². The average Bonchev–Trinajstić information content (AvgIpc) is 2.48. The van der Waals surface area contributed by atoms with Crippen LogP contribution in [0.25, 0.3) is 0 Å². The lowest BCUT2D eigenvalue weighted by Crippen LogP contribution is -2.14. The number of carbonyl (C=O) groups excluding carboxylic acids is 1. The topological polar surface area (TPSA) is 55.1 Å². The maximum atomic E-state index is 12.3. The van der Waals surface area contributed by atoms with E-state index in [-0.39, 0.29) is 5.91 Å². The summed E-state index contributed by atoms with van der Waals surface area (Å²) in [4.78, 5) is 13.3. The number of hydrogen-bond donors (Lipinski definition) is 2. The van der Waals surface area contributed by atoms with Gasteiger partial charge in [-0.1, -0.05) is 29.8 Å². The zero-order chi connectivity index (χ0) is 15.2. The maximum absolute atomic E-state index is 12.3. The fourth-order valence-corrected chi connectivity index (χ4v) is 2.68. The van der Waals surface area contributed by atoms with Crippen molar-refractivity contribution in [1.82, 2.24) is 0 Å². The van der Waals surface area contributed by atoms with Crippen LogP contribution in [-0.2, 0) is 0 Å². The molecule has 0 aliphatic carbocycles. The van der Waals surface area contributed by atoms with Crippen LogP contribution < -0.4 is 11.1 Å². The van der Waals surface area contributed by atoms with Crippen molar-refractivity contribution in [2.75, 3.05) is 16.8 Å². The number of anilines is 2. The Morgan fingerprint density at radius 3 is 2.86 bits per heavy atom. The van der Waals surface area contributed by atoms with E-state index in [1.165, 1.54) is 0 Å². The summed E-state index contributed by atoms with van der Waals surface area (Å²) in [6, 6.07) is 12.4. The highest BCUT2D eigenvalue weighted by molar-refractivity contribution is 7.99. The van der Waals surface area contributed by atoms with Crippen molar-refractivity contribution >= 4 is 40.6 Å². The van der Waals surface area contributed by atoms with Gasteiger partial charge in [-0.05, 0) is 30.3 Å². The van der Waals surface area contributed by atoms with Gasteiger partial charge in [0.15, 0.2) is 0 Å². The molecule has 2 aromatic rings. The van der Waals surface area contributed by atoms with Crippen molar-refractivity contribution < 1.29 is 4.79 Å². The first-order valence-corrected chi connectivity index (χ1v) is 7.67. The molecule has 0 atom stereocenters. The quantitative estimate of drug-likeness (QED) is 0.486. The fourth-order valence-electron chi connectivity index (χ4n) is 1.76. The van der Waals surface area contributed by atoms with Crippen LogP contribution in [0.4, 0.5) is 11.4 Å². The Morgan fingerprint density at radius 2 is 2.10 bits per heavy atom. The molecule has 2 rings (SSSR count). The molecule has 0 saturated heterocycles. The van der Waals surface area contributed by atoms with Gasteiger partial charge in [-0.15, -0.1) is 18.3 Å². The highest BCUT2D eigenvalue weighted by Crippen LogP contribution is 2.28. The number of thioether (sulfide) groups is 1. The third-order valence-electron chi connectivity index (χ3n) is 2.75. The third-order valence-corrected chi connectivity index (χ3v) is 4.06. The molecule has 2 aromatic carbocycles. The molecule has 0 unspecified atom stereocenters. The summed E-state index contributed by atoms with van der Waals surface area (Å²) >= 11 is 7.51. The van der Waals surface area contributed by atoms with Gasteiger partial charge in [0, 0.05) is 21.4 Å². The number of nitrogens with two attached hydrogens (primary N) is 1. The second kappa shape index (κ2) is 7.20. The summed E-state index contributed by atoms with van der Waals surface area (Å²) in [6.45, 7) is 3.70. The van der Waals surface area contributed by atoms with E-state index in [0.29, 0.717) is 16.3 Å². The normalized spacial score (nSPS) is 10.1. The second-order valence-corrected chi connectivity index (χ2v) is 5.78. The van der Waals surface area contributed by atoms with Crippen molar-refractivity contribution in [3.05, 3.63) is 65.7 Å². The van der Waals surface area contributed by atoms with Crippen molar-refractivity contribution in [3.8, 4) is 0 Å². The number of amides is 1. The minimum Gasteiger partial charge on any atom is -0.398 e. The summed E-state index contributed by atoms with van der Waals surface area (Å²) in [6.07, 6.45) is 1.82. The molecule has 0 spiro atoms. The minimum atomic E-state index is -0.276. The Labute approximate surface area is 133 Å². The second-order valence-electron chi connectivity index (χ2n) is 4.28. The lowest BCUT2D eigenvalue weighted by molar-refractivity contribution is 0.102. The van der Waals surface area contributed by atoms with Gasteiger partial charge < -0.3 is 11.1 Å². The molecule has 0 fully saturated rings. The Balaban J connectivity index is 2.23. The van der Waals surface area contributed by atoms with Crippen molar-refractivity contribution in [2.45, 2.75) is 4.90 Å². The summed E-state index contributed by atoms with van der Waals surface area (Å²) in [5, 5.41) is 3.35. The molecule has 1 amide bonds. The van der Waals surface area contributed by atoms with Gasteiger partial charge in [-0.3, -0.25) is 4.79 Å². The van der Waals surface area contributed by atoms with E-state index in [0.717, 1.165) is 16.3 Å². The van der Waals surface area contributed by atoms with E-state index in [4.69, 9.17) is 17.3 Å². The van der Waals surface area contributed by atoms with Gasteiger partial charge >= 0.3 is 0 Å². The van der Waals surface area contributed by atoms with Gasteiger partial charge in [-0.25, -0.2) is 0 Å². The van der Waals surface area contributed by atoms with Crippen LogP contribution in [0.1, 0.15) is 10.4 Å². The monoisotopic (exact) mass is 318 g/mol. The van der Waals surface area contributed by atoms with E-state index in [1.54, 1.807) is 30.0 Å². The molecule has 5 heteroatoms. The van der Waals surface area contributed by atoms with Crippen LogP contribution >= 0.6 is 23.4 Å². The number of nitrogen functional groups attached to an aromatic ring is 1. The zero-order valence-electron chi connectivity index (χ0n) is 11.3. The Hall–Kier alpha value is -1.91. The SMILES string of the molecule is C=CCSc1ccccc1NC(=O)c1cc(Cl)ccc1N. The number of rotatable bonds is 5. The first kappa shape index (κ1) is 15.5. The predicted octanol–water partition coefficient (Wildman–Crippen LogP) is 4.45. The van der Waals surface area contributed by atoms with E-state index in [2.05, 4.69) is 11.9 Å². The van der Waals surface area contributed by atoms with Crippen LogP contribution in [0.5, 0.6) is 0 Å². The molecule has 21 heavy (non-hydrogen) atoms. The molecular weight excluding hydrogens is 304 g/mol. The lowest BCUT2D eigenvalue weighted by atomic mass is 10.1.